The van der Waals surface area contributed by atoms with Gasteiger partial charge in [-0.1, -0.05) is 24.3 Å². The van der Waals surface area contributed by atoms with E-state index in [2.05, 4.69) is 9.97 Å². The third-order valence-electron chi connectivity index (χ3n) is 5.13. The highest BCUT2D eigenvalue weighted by Gasteiger charge is 2.35. The van der Waals surface area contributed by atoms with E-state index in [-0.39, 0.29) is 6.16 Å². The Morgan fingerprint density at radius 2 is 1.46 bits per heavy atom. The van der Waals surface area contributed by atoms with E-state index in [1.807, 2.05) is 70.4 Å². The third kappa shape index (κ3) is 5.95. The Balaban J connectivity index is 1.64. The predicted octanol–water partition coefficient (Wildman–Crippen LogP) is 7.23. The van der Waals surface area contributed by atoms with Crippen LogP contribution in [-0.2, 0) is 26.3 Å². The van der Waals surface area contributed by atoms with Crippen LogP contribution in [0.4, 0.5) is 8.78 Å². The predicted molar refractivity (Wildman–Crippen MR) is 133 cm³/mol. The number of fused-ring (bicyclic) bond motifs is 3. The van der Waals surface area contributed by atoms with Gasteiger partial charge in [-0.25, -0.2) is 18.7 Å². The number of benzene rings is 2. The summed E-state index contributed by atoms with van der Waals surface area (Å²) >= 11 is 0. The molecule has 2 heterocycles. The van der Waals surface area contributed by atoms with Gasteiger partial charge >= 0.3 is 7.60 Å². The summed E-state index contributed by atoms with van der Waals surface area (Å²) in [7, 11) is -3.43. The molecule has 0 bridgehead atoms. The molecular weight excluding hydrogens is 471 g/mol. The molecule has 9 heteroatoms. The monoisotopic (exact) mass is 501 g/mol. The summed E-state index contributed by atoms with van der Waals surface area (Å²) in [6.07, 6.45) is 3.16. The molecule has 0 saturated heterocycles. The van der Waals surface area contributed by atoms with E-state index in [0.717, 1.165) is 11.1 Å². The summed E-state index contributed by atoms with van der Waals surface area (Å²) in [5.41, 5.74) is 2.24. The molecule has 0 amide bonds. The Morgan fingerprint density at radius 3 is 2.06 bits per heavy atom. The molecule has 0 aliphatic rings. The third-order valence-corrected chi connectivity index (χ3v) is 7.54. The summed E-state index contributed by atoms with van der Waals surface area (Å²) < 4.78 is 55.2. The van der Waals surface area contributed by atoms with Gasteiger partial charge in [0.2, 0.25) is 0 Å². The minimum atomic E-state index is -3.43. The van der Waals surface area contributed by atoms with Gasteiger partial charge in [0.05, 0.1) is 40.1 Å². The van der Waals surface area contributed by atoms with Crippen molar-refractivity contribution in [3.8, 4) is 0 Å². The van der Waals surface area contributed by atoms with Gasteiger partial charge < -0.3 is 13.6 Å². The topological polar surface area (TPSA) is 66.2 Å². The molecule has 4 aromatic rings. The zero-order valence-electron chi connectivity index (χ0n) is 20.8. The van der Waals surface area contributed by atoms with E-state index >= 15 is 0 Å². The Hall–Kier alpha value is -2.67. The smallest absolute Gasteiger partial charge is 0.333 e. The van der Waals surface area contributed by atoms with E-state index < -0.39 is 30.4 Å². The molecule has 0 spiro atoms. The van der Waals surface area contributed by atoms with E-state index in [4.69, 9.17) is 9.05 Å². The van der Waals surface area contributed by atoms with Crippen LogP contribution in [0.3, 0.4) is 0 Å². The second-order valence-corrected chi connectivity index (χ2v) is 12.5. The molecule has 0 fully saturated rings. The maximum absolute atomic E-state index is 14.1. The van der Waals surface area contributed by atoms with Crippen molar-refractivity contribution in [2.24, 2.45) is 0 Å². The van der Waals surface area contributed by atoms with Gasteiger partial charge in [-0.3, -0.25) is 4.57 Å². The van der Waals surface area contributed by atoms with Gasteiger partial charge in [-0.15, -0.1) is 0 Å². The molecule has 0 N–H and O–H groups in total. The van der Waals surface area contributed by atoms with Gasteiger partial charge in [0.25, 0.3) is 0 Å². The number of halogens is 2. The number of hydrogen-bond donors (Lipinski definition) is 0. The quantitative estimate of drug-likeness (QED) is 0.261. The van der Waals surface area contributed by atoms with Crippen LogP contribution in [0.25, 0.3) is 21.9 Å². The fourth-order valence-corrected chi connectivity index (χ4v) is 6.54. The molecule has 0 atom stereocenters. The maximum atomic E-state index is 14.1. The Kier molecular flexibility index (Phi) is 6.60. The molecule has 0 aliphatic carbocycles. The molecule has 6 nitrogen and oxygen atoms in total. The average molecular weight is 502 g/mol. The van der Waals surface area contributed by atoms with E-state index in [1.165, 1.54) is 18.5 Å². The Labute approximate surface area is 203 Å². The average Bonchev–Trinajstić information content (AvgIpc) is 3.00. The van der Waals surface area contributed by atoms with Crippen molar-refractivity contribution in [2.75, 3.05) is 0 Å². The molecular formula is C26H30F2N3O3P. The van der Waals surface area contributed by atoms with Crippen molar-refractivity contribution in [3.05, 3.63) is 71.7 Å². The van der Waals surface area contributed by atoms with Gasteiger partial charge in [0.1, 0.15) is 6.33 Å². The fourth-order valence-electron chi connectivity index (χ4n) is 4.05. The highest BCUT2D eigenvalue weighted by molar-refractivity contribution is 7.53. The largest absolute Gasteiger partial charge is 0.336 e. The second kappa shape index (κ2) is 9.08. The highest BCUT2D eigenvalue weighted by atomic mass is 31.2. The summed E-state index contributed by atoms with van der Waals surface area (Å²) in [4.78, 5) is 8.36. The second-order valence-electron chi connectivity index (χ2n) is 10.6. The van der Waals surface area contributed by atoms with Crippen molar-refractivity contribution in [3.63, 3.8) is 0 Å². The van der Waals surface area contributed by atoms with E-state index in [9.17, 15) is 13.3 Å². The van der Waals surface area contributed by atoms with Gasteiger partial charge in [-0.2, -0.15) is 0 Å². The number of rotatable bonds is 6. The van der Waals surface area contributed by atoms with Gasteiger partial charge in [0, 0.05) is 18.0 Å². The zero-order chi connectivity index (χ0) is 25.6. The van der Waals surface area contributed by atoms with Crippen LogP contribution in [0.1, 0.15) is 52.7 Å². The lowest BCUT2D eigenvalue weighted by Gasteiger charge is -2.32. The first-order valence-corrected chi connectivity index (χ1v) is 13.1. The Morgan fingerprint density at radius 1 is 0.886 bits per heavy atom. The van der Waals surface area contributed by atoms with Crippen LogP contribution in [-0.4, -0.2) is 25.7 Å². The highest BCUT2D eigenvalue weighted by Crippen LogP contribution is 2.56. The minimum absolute atomic E-state index is 0.134. The van der Waals surface area contributed by atoms with Crippen molar-refractivity contribution >= 4 is 29.5 Å². The molecule has 0 unspecified atom stereocenters. The normalized spacial score (nSPS) is 13.1. The lowest BCUT2D eigenvalue weighted by molar-refractivity contribution is 0.0485. The first-order valence-electron chi connectivity index (χ1n) is 11.4. The van der Waals surface area contributed by atoms with Gasteiger partial charge in [0.15, 0.2) is 11.6 Å². The summed E-state index contributed by atoms with van der Waals surface area (Å²) in [5.74, 6) is -1.84. The molecule has 4 rings (SSSR count). The van der Waals surface area contributed by atoms with Gasteiger partial charge in [-0.05, 0) is 58.7 Å². The van der Waals surface area contributed by atoms with Crippen LogP contribution in [0.15, 0.2) is 48.9 Å². The van der Waals surface area contributed by atoms with E-state index in [0.29, 0.717) is 28.5 Å². The maximum Gasteiger partial charge on any atom is 0.336 e. The summed E-state index contributed by atoms with van der Waals surface area (Å²) in [6.45, 7) is 11.5. The lowest BCUT2D eigenvalue weighted by Crippen LogP contribution is -2.24. The molecule has 35 heavy (non-hydrogen) atoms. The van der Waals surface area contributed by atoms with Crippen molar-refractivity contribution in [2.45, 2.75) is 65.5 Å². The molecule has 2 aromatic heterocycles. The van der Waals surface area contributed by atoms with Crippen molar-refractivity contribution in [1.29, 1.82) is 0 Å². The summed E-state index contributed by atoms with van der Waals surface area (Å²) in [6, 6.07) is 9.94. The van der Waals surface area contributed by atoms with Crippen molar-refractivity contribution in [1.82, 2.24) is 14.5 Å². The minimum Gasteiger partial charge on any atom is -0.333 e. The fraction of sp³-hybridized carbons (Fsp3) is 0.385. The summed E-state index contributed by atoms with van der Waals surface area (Å²) in [5, 5.41) is 0.525. The number of aromatic nitrogens is 3. The number of hydrogen-bond acceptors (Lipinski definition) is 5. The Bertz CT molecular complexity index is 1400. The van der Waals surface area contributed by atoms with Crippen LogP contribution in [0.5, 0.6) is 0 Å². The molecule has 0 radical (unpaired) electrons. The first kappa shape index (κ1) is 25.4. The number of nitrogens with zero attached hydrogens (tertiary/aromatic N) is 3. The van der Waals surface area contributed by atoms with Crippen molar-refractivity contribution < 1.29 is 22.4 Å². The van der Waals surface area contributed by atoms with Crippen LogP contribution < -0.4 is 0 Å². The standard InChI is InChI=1S/C26H30F2N3O3P/c1-25(2,3)33-35(32,34-26(4,5)6)15-18-9-7-17(8-10-18)14-31-22-12-21(28)20(27)11-19(22)24-23(31)13-29-16-30-24/h7-13,16H,14-15H2,1-6H3. The van der Waals surface area contributed by atoms with Crippen LogP contribution in [0, 0.1) is 11.6 Å². The lowest BCUT2D eigenvalue weighted by atomic mass is 10.1. The van der Waals surface area contributed by atoms with Crippen LogP contribution in [0.2, 0.25) is 0 Å². The molecule has 2 aromatic carbocycles. The SMILES string of the molecule is CC(C)(C)OP(=O)(Cc1ccc(Cn2c3cc(F)c(F)cc3c3ncncc32)cc1)OC(C)(C)C. The first-order chi connectivity index (χ1) is 16.2. The van der Waals surface area contributed by atoms with Crippen LogP contribution >= 0.6 is 7.60 Å². The molecule has 0 aliphatic heterocycles. The zero-order valence-corrected chi connectivity index (χ0v) is 21.7. The molecule has 0 saturated carbocycles. The van der Waals surface area contributed by atoms with E-state index in [1.54, 1.807) is 6.20 Å². The molecule has 186 valence electrons.